The van der Waals surface area contributed by atoms with Gasteiger partial charge in [0.05, 0.1) is 70.2 Å². The van der Waals surface area contributed by atoms with Crippen LogP contribution in [-0.2, 0) is 6.54 Å². The number of furan rings is 1. The van der Waals surface area contributed by atoms with Crippen molar-refractivity contribution >= 4 is 125 Å². The van der Waals surface area contributed by atoms with Crippen LogP contribution in [0.2, 0.25) is 0 Å². The number of anilines is 9. The van der Waals surface area contributed by atoms with Crippen molar-refractivity contribution in [1.82, 2.24) is 20.8 Å². The lowest BCUT2D eigenvalue weighted by atomic mass is 9.91. The number of benzene rings is 12. The van der Waals surface area contributed by atoms with Crippen LogP contribution in [0.15, 0.2) is 304 Å². The fraction of sp³-hybridized carbons (Fsp3) is 0.105. The minimum atomic E-state index is -0.380. The number of oxazole rings is 1. The molecule has 1 aliphatic carbocycles. The molecule has 119 heavy (non-hydrogen) atoms. The first-order valence-electron chi connectivity index (χ1n) is 37.7. The number of nitrogens with two attached hydrogens (primary N) is 7. The summed E-state index contributed by atoms with van der Waals surface area (Å²) in [7, 11) is 1.61. The second-order valence-electron chi connectivity index (χ2n) is 27.6. The number of nitrogen functional groups attached to an aromatic ring is 7. The number of aryl methyl sites for hydroxylation is 3. The summed E-state index contributed by atoms with van der Waals surface area (Å²) in [5.74, 6) is 1.48. The van der Waals surface area contributed by atoms with E-state index in [1.54, 1.807) is 78.8 Å². The number of carbonyl (C=O) groups is 2. The van der Waals surface area contributed by atoms with Gasteiger partial charge in [-0.25, -0.2) is 15.4 Å². The standard InChI is InChI=1S/C21H21N3O.C18H15N3O.C17H12N2O.C16H18N4S.C13H13N3O2.C10H10N2S/c1-15-10-11-19(23)20(12-15)24(14-16-6-3-2-4-7-16)21(25)17-8-5-9-18(22)13-17;1-22-13-6-4-12(5-7-13)15-8-14(11-2-3-11)16(9-19)18(21)17(15)10-20;18-14-7-8-16-15(10-14)19-17(20-16)13-6-5-11-3-1-2-4-12(11)9-13;1-11-4-3-5-15(10-11)18-16(21)20-19-12(2)13-6-8-14(17)9-7-13;1-9(10-4-6-11(14)7-5-10)15-16-13(17)12-3-2-8-18-12;1-7-12-10(6-13-7)8-2-4-9(11)5-3-8/h2-13H,14,22-23H2,1H3;4-8,11H,2-3,21H2,1H3;1-10H,18H2;3-10H,17H2,1-2H3,(H2,18,20,21);2-8H,14H2,1H3,(H,16,17);2-6H,11H2,1H3/b;;;19-12-;15-9+;. The summed E-state index contributed by atoms with van der Waals surface area (Å²) in [6.45, 7) is 10.2. The number of carbonyl (C=O) groups excluding carboxylic acids is 2. The maximum atomic E-state index is 13.2. The van der Waals surface area contributed by atoms with Crippen LogP contribution in [0.3, 0.4) is 0 Å². The number of methoxy groups -OCH3 is 1. The van der Waals surface area contributed by atoms with Crippen LogP contribution < -0.4 is 65.9 Å². The van der Waals surface area contributed by atoms with Gasteiger partial charge in [-0.2, -0.15) is 20.7 Å². The van der Waals surface area contributed by atoms with Gasteiger partial charge in [0, 0.05) is 61.8 Å². The predicted molar refractivity (Wildman–Crippen MR) is 489 cm³/mol. The molecule has 596 valence electrons. The summed E-state index contributed by atoms with van der Waals surface area (Å²) in [5, 5.41) is 36.2. The van der Waals surface area contributed by atoms with Crippen LogP contribution in [-0.4, -0.2) is 45.4 Å². The van der Waals surface area contributed by atoms with Crippen molar-refractivity contribution in [3.8, 4) is 51.7 Å². The number of thiocarbonyl (C=S) groups is 1. The molecule has 0 atom stereocenters. The van der Waals surface area contributed by atoms with E-state index in [9.17, 15) is 20.1 Å². The van der Waals surface area contributed by atoms with Crippen LogP contribution in [0.25, 0.3) is 55.7 Å². The first-order valence-corrected chi connectivity index (χ1v) is 39.0. The molecule has 1 saturated carbocycles. The normalized spacial score (nSPS) is 11.3. The van der Waals surface area contributed by atoms with Gasteiger partial charge >= 0.3 is 5.91 Å². The lowest BCUT2D eigenvalue weighted by Crippen LogP contribution is -2.31. The monoisotopic (exact) mass is 1610 g/mol. The van der Waals surface area contributed by atoms with Gasteiger partial charge in [-0.3, -0.25) is 15.0 Å². The number of ether oxygens (including phenoxy) is 1. The molecule has 0 aliphatic heterocycles. The molecule has 0 bridgehead atoms. The summed E-state index contributed by atoms with van der Waals surface area (Å²) < 4.78 is 15.9. The van der Waals surface area contributed by atoms with E-state index in [0.717, 1.165) is 113 Å². The number of nitriles is 2. The molecule has 1 aliphatic rings. The maximum Gasteiger partial charge on any atom is 0.307 e. The highest BCUT2D eigenvalue weighted by Gasteiger charge is 2.30. The van der Waals surface area contributed by atoms with Crippen LogP contribution in [0.1, 0.15) is 103 Å². The molecule has 15 aromatic rings. The van der Waals surface area contributed by atoms with Gasteiger partial charge in [-0.1, -0.05) is 133 Å². The summed E-state index contributed by atoms with van der Waals surface area (Å²) in [6.07, 6.45) is 3.58. The molecule has 3 aromatic heterocycles. The molecule has 0 spiro atoms. The molecule has 0 unspecified atom stereocenters. The number of fused-ring (bicyclic) bond motifs is 2. The number of nitrogens with zero attached hydrogens (tertiary/aromatic N) is 7. The summed E-state index contributed by atoms with van der Waals surface area (Å²) in [6, 6.07) is 89.9. The first-order chi connectivity index (χ1) is 57.5. The molecular weight excluding hydrogens is 1520 g/mol. The molecule has 0 saturated heterocycles. The van der Waals surface area contributed by atoms with Crippen molar-refractivity contribution in [3.63, 3.8) is 0 Å². The van der Waals surface area contributed by atoms with Crippen LogP contribution in [0.4, 0.5) is 51.2 Å². The van der Waals surface area contributed by atoms with E-state index in [-0.39, 0.29) is 17.6 Å². The highest BCUT2D eigenvalue weighted by Crippen LogP contribution is 2.46. The third-order valence-electron chi connectivity index (χ3n) is 18.6. The topological polar surface area (TPSA) is 389 Å². The van der Waals surface area contributed by atoms with Crippen molar-refractivity contribution < 1.29 is 23.2 Å². The number of rotatable bonds is 15. The molecule has 22 nitrogen and oxygen atoms in total. The van der Waals surface area contributed by atoms with Crippen molar-refractivity contribution in [3.05, 3.63) is 345 Å². The van der Waals surface area contributed by atoms with E-state index in [2.05, 4.69) is 78.1 Å². The van der Waals surface area contributed by atoms with Gasteiger partial charge in [0.2, 0.25) is 5.89 Å². The summed E-state index contributed by atoms with van der Waals surface area (Å²) >= 11 is 6.88. The molecular formula is C95H89N17O5S2. The Morgan fingerprint density at radius 2 is 1.18 bits per heavy atom. The molecule has 3 heterocycles. The van der Waals surface area contributed by atoms with Gasteiger partial charge in [0.1, 0.15) is 23.4 Å². The van der Waals surface area contributed by atoms with E-state index in [1.165, 1.54) is 22.6 Å². The minimum Gasteiger partial charge on any atom is -0.497 e. The molecule has 0 radical (unpaired) electrons. The number of hydrogen-bond acceptors (Lipinski definition) is 20. The quantitative estimate of drug-likeness (QED) is 0.0197. The fourth-order valence-electron chi connectivity index (χ4n) is 12.2. The number of amides is 2. The Morgan fingerprint density at radius 3 is 1.79 bits per heavy atom. The Bertz CT molecular complexity index is 6170. The Morgan fingerprint density at radius 1 is 0.571 bits per heavy atom. The minimum absolute atomic E-state index is 0.131. The van der Waals surface area contributed by atoms with E-state index in [4.69, 9.17) is 65.9 Å². The van der Waals surface area contributed by atoms with E-state index < -0.39 is 0 Å². The largest absolute Gasteiger partial charge is 0.497 e. The molecule has 24 heteroatoms. The maximum absolute atomic E-state index is 13.2. The van der Waals surface area contributed by atoms with E-state index >= 15 is 0 Å². The van der Waals surface area contributed by atoms with Gasteiger partial charge in [0.25, 0.3) is 5.91 Å². The van der Waals surface area contributed by atoms with Crippen molar-refractivity contribution in [2.75, 3.05) is 57.5 Å². The number of nitrogens with one attached hydrogen (secondary N) is 3. The zero-order valence-corrected chi connectivity index (χ0v) is 68.0. The third kappa shape index (κ3) is 23.6. The van der Waals surface area contributed by atoms with Crippen LogP contribution in [0.5, 0.6) is 5.75 Å². The lowest BCUT2D eigenvalue weighted by Gasteiger charge is -2.25. The fourth-order valence-corrected chi connectivity index (χ4v) is 12.9. The van der Waals surface area contributed by atoms with E-state index in [1.807, 2.05) is 228 Å². The van der Waals surface area contributed by atoms with Crippen molar-refractivity contribution in [2.24, 2.45) is 10.2 Å². The summed E-state index contributed by atoms with van der Waals surface area (Å²) in [4.78, 5) is 35.3. The average molecular weight is 1610 g/mol. The predicted octanol–water partition coefficient (Wildman–Crippen LogP) is 19.8. The molecule has 1 fully saturated rings. The van der Waals surface area contributed by atoms with Crippen molar-refractivity contribution in [2.45, 2.75) is 59.9 Å². The Balaban J connectivity index is 0.000000141. The van der Waals surface area contributed by atoms with Crippen LogP contribution in [0, 0.1) is 43.4 Å². The second kappa shape index (κ2) is 40.6. The average Bonchev–Trinajstić information content (AvgIpc) is 1.72. The smallest absolute Gasteiger partial charge is 0.307 e. The van der Waals surface area contributed by atoms with Gasteiger partial charge in [-0.15, -0.1) is 11.3 Å². The Labute approximate surface area is 699 Å². The highest BCUT2D eigenvalue weighted by atomic mass is 32.1. The summed E-state index contributed by atoms with van der Waals surface area (Å²) in [5.41, 5.74) is 67.3. The molecule has 16 rings (SSSR count). The SMILES string of the molecule is C/C(=N/NC(=S)Nc1cccc(C)c1)c1ccc(N)cc1.C/C(=N\NC(=O)c1ccco1)c1ccc(N)cc1.COc1ccc(-c2cc(C3CC3)c(C#N)c(N)c2C#N)cc1.Cc1ccc(N)c(N(Cc2ccccc2)C(=O)c2cccc(N)c2)c1.Cc1nc(-c2ccc(N)cc2)cs1.Nc1ccc2oc(-c3ccc4ccccc4c3)nc2c1. The molecule has 2 amide bonds. The lowest BCUT2D eigenvalue weighted by molar-refractivity contribution is 0.0926. The zero-order valence-electron chi connectivity index (χ0n) is 66.4. The van der Waals surface area contributed by atoms with E-state index in [0.29, 0.717) is 80.0 Å². The number of thiazole rings is 1. The first kappa shape index (κ1) is 84.5. The third-order valence-corrected chi connectivity index (χ3v) is 19.6. The Kier molecular flexibility index (Phi) is 28.8. The number of hydrogen-bond donors (Lipinski definition) is 10. The van der Waals surface area contributed by atoms with Crippen molar-refractivity contribution in [1.29, 1.82) is 10.5 Å². The Hall–Kier alpha value is -15.4. The van der Waals surface area contributed by atoms with Gasteiger partial charge in [-0.05, 0) is 255 Å². The zero-order chi connectivity index (χ0) is 84.5. The second-order valence-corrected chi connectivity index (χ2v) is 29.1. The highest BCUT2D eigenvalue weighted by molar-refractivity contribution is 7.80. The van der Waals surface area contributed by atoms with Gasteiger partial charge < -0.3 is 63.9 Å². The number of aromatic nitrogens is 2. The van der Waals surface area contributed by atoms with Gasteiger partial charge in [0.15, 0.2) is 16.5 Å². The molecule has 12 aromatic carbocycles. The van der Waals surface area contributed by atoms with Crippen LogP contribution >= 0.6 is 23.6 Å². The number of hydrazone groups is 2. The molecule has 17 N–H and O–H groups in total.